The van der Waals surface area contributed by atoms with Crippen LogP contribution in [0.1, 0.15) is 47.0 Å². The van der Waals surface area contributed by atoms with Crippen molar-refractivity contribution in [1.82, 2.24) is 5.32 Å². The van der Waals surface area contributed by atoms with E-state index < -0.39 is 0 Å². The lowest BCUT2D eigenvalue weighted by Gasteiger charge is -2.03. The van der Waals surface area contributed by atoms with Crippen LogP contribution in [0.4, 0.5) is 0 Å². The van der Waals surface area contributed by atoms with Gasteiger partial charge in [0.15, 0.2) is 0 Å². The van der Waals surface area contributed by atoms with Crippen molar-refractivity contribution >= 4 is 5.91 Å². The molecule has 14 heavy (non-hydrogen) atoms. The molecule has 0 aliphatic rings. The fraction of sp³-hybridized carbons (Fsp3) is 0.583. The number of carbonyl (C=O) groups excluding carboxylic acids is 1. The molecule has 0 aliphatic carbocycles. The van der Waals surface area contributed by atoms with Crippen LogP contribution in [-0.2, 0) is 4.79 Å². The molecule has 0 rings (SSSR count). The number of hydrogen-bond donors (Lipinski definition) is 1. The lowest BCUT2D eigenvalue weighted by molar-refractivity contribution is -0.120. The van der Waals surface area contributed by atoms with Gasteiger partial charge < -0.3 is 5.32 Å². The topological polar surface area (TPSA) is 29.1 Å². The van der Waals surface area contributed by atoms with E-state index in [1.807, 2.05) is 32.9 Å². The second-order valence-corrected chi connectivity index (χ2v) is 3.75. The number of carbonyl (C=O) groups is 1. The summed E-state index contributed by atoms with van der Waals surface area (Å²) >= 11 is 0. The summed E-state index contributed by atoms with van der Waals surface area (Å²) in [5.74, 6) is 0.114. The fourth-order valence-corrected chi connectivity index (χ4v) is 0.953. The molecule has 0 aromatic heterocycles. The minimum Gasteiger partial charge on any atom is -0.330 e. The molecule has 80 valence electrons. The van der Waals surface area contributed by atoms with Gasteiger partial charge in [-0.05, 0) is 33.3 Å². The summed E-state index contributed by atoms with van der Waals surface area (Å²) in [5, 5.41) is 2.85. The maximum Gasteiger partial charge on any atom is 0.224 e. The van der Waals surface area contributed by atoms with Gasteiger partial charge in [-0.1, -0.05) is 25.0 Å². The van der Waals surface area contributed by atoms with Crippen LogP contribution in [0.3, 0.4) is 0 Å². The molecule has 2 heteroatoms. The first-order valence-electron chi connectivity index (χ1n) is 5.18. The number of nitrogens with one attached hydrogen (secondary N) is 1. The predicted octanol–water partition coefficient (Wildman–Crippen LogP) is 3.16. The molecule has 0 aromatic carbocycles. The molecule has 0 saturated carbocycles. The minimum absolute atomic E-state index is 0.114. The fourth-order valence-electron chi connectivity index (χ4n) is 0.953. The van der Waals surface area contributed by atoms with Crippen LogP contribution in [0.2, 0.25) is 0 Å². The van der Waals surface area contributed by atoms with E-state index in [9.17, 15) is 4.79 Å². The highest BCUT2D eigenvalue weighted by Crippen LogP contribution is 1.97. The highest BCUT2D eigenvalue weighted by Gasteiger charge is 1.98. The molecule has 0 radical (unpaired) electrons. The number of hydrogen-bond acceptors (Lipinski definition) is 1. The largest absolute Gasteiger partial charge is 0.330 e. The van der Waals surface area contributed by atoms with Crippen LogP contribution in [0, 0.1) is 0 Å². The van der Waals surface area contributed by atoms with Gasteiger partial charge in [-0.15, -0.1) is 0 Å². The summed E-state index contributed by atoms with van der Waals surface area (Å²) in [6, 6.07) is 0. The Labute approximate surface area is 87.1 Å². The Bertz CT molecular complexity index is 235. The van der Waals surface area contributed by atoms with Crippen LogP contribution in [0.15, 0.2) is 23.4 Å². The van der Waals surface area contributed by atoms with Crippen LogP contribution in [0.5, 0.6) is 0 Å². The van der Waals surface area contributed by atoms with Crippen molar-refractivity contribution in [2.24, 2.45) is 0 Å². The lowest BCUT2D eigenvalue weighted by atomic mass is 10.2. The molecule has 0 bridgehead atoms. The Morgan fingerprint density at radius 2 is 1.86 bits per heavy atom. The van der Waals surface area contributed by atoms with Crippen molar-refractivity contribution in [3.8, 4) is 0 Å². The van der Waals surface area contributed by atoms with Gasteiger partial charge in [0.2, 0.25) is 5.91 Å². The van der Waals surface area contributed by atoms with Crippen molar-refractivity contribution in [3.63, 3.8) is 0 Å². The Kier molecular flexibility index (Phi) is 6.81. The van der Waals surface area contributed by atoms with Gasteiger partial charge in [0, 0.05) is 12.1 Å². The van der Waals surface area contributed by atoms with E-state index in [0.29, 0.717) is 6.42 Å². The third-order valence-electron chi connectivity index (χ3n) is 1.76. The smallest absolute Gasteiger partial charge is 0.224 e. The molecule has 0 spiro atoms. The zero-order chi connectivity index (χ0) is 11.0. The molecule has 0 heterocycles. The van der Waals surface area contributed by atoms with E-state index >= 15 is 0 Å². The Morgan fingerprint density at radius 3 is 2.36 bits per heavy atom. The zero-order valence-electron chi connectivity index (χ0n) is 9.68. The maximum atomic E-state index is 11.3. The summed E-state index contributed by atoms with van der Waals surface area (Å²) in [5.41, 5.74) is 2.14. The van der Waals surface area contributed by atoms with Gasteiger partial charge in [0.05, 0.1) is 0 Å². The van der Waals surface area contributed by atoms with Gasteiger partial charge in [-0.3, -0.25) is 4.79 Å². The number of allylic oxidation sites excluding steroid dienone is 4. The molecular formula is C12H21NO. The van der Waals surface area contributed by atoms with Crippen LogP contribution in [0.25, 0.3) is 0 Å². The summed E-state index contributed by atoms with van der Waals surface area (Å²) in [6.07, 6.45) is 6.57. The summed E-state index contributed by atoms with van der Waals surface area (Å²) in [4.78, 5) is 11.3. The average molecular weight is 195 g/mol. The molecule has 0 aromatic rings. The Morgan fingerprint density at radius 1 is 1.21 bits per heavy atom. The summed E-state index contributed by atoms with van der Waals surface area (Å²) < 4.78 is 0. The third kappa shape index (κ3) is 7.59. The van der Waals surface area contributed by atoms with E-state index in [1.54, 1.807) is 0 Å². The number of unbranched alkanes of at least 4 members (excludes halogenated alkanes) is 1. The molecule has 0 fully saturated rings. The zero-order valence-corrected chi connectivity index (χ0v) is 9.68. The lowest BCUT2D eigenvalue weighted by Crippen LogP contribution is -2.20. The van der Waals surface area contributed by atoms with E-state index in [2.05, 4.69) is 12.2 Å². The van der Waals surface area contributed by atoms with E-state index in [1.165, 1.54) is 5.57 Å². The Balaban J connectivity index is 3.93. The van der Waals surface area contributed by atoms with Crippen molar-refractivity contribution < 1.29 is 4.79 Å². The number of rotatable bonds is 5. The normalized spacial score (nSPS) is 11.0. The molecule has 2 nitrogen and oxygen atoms in total. The maximum absolute atomic E-state index is 11.3. The van der Waals surface area contributed by atoms with E-state index in [-0.39, 0.29) is 5.91 Å². The van der Waals surface area contributed by atoms with E-state index in [0.717, 1.165) is 18.5 Å². The monoisotopic (exact) mass is 195 g/mol. The minimum atomic E-state index is 0.114. The van der Waals surface area contributed by atoms with Crippen LogP contribution >= 0.6 is 0 Å². The van der Waals surface area contributed by atoms with Gasteiger partial charge in [0.1, 0.15) is 0 Å². The first kappa shape index (κ1) is 12.9. The second-order valence-electron chi connectivity index (χ2n) is 3.75. The Hall–Kier alpha value is -1.05. The van der Waals surface area contributed by atoms with Crippen molar-refractivity contribution in [2.45, 2.75) is 47.0 Å². The molecule has 0 saturated heterocycles. The van der Waals surface area contributed by atoms with Gasteiger partial charge in [0.25, 0.3) is 0 Å². The van der Waals surface area contributed by atoms with Crippen molar-refractivity contribution in [3.05, 3.63) is 23.4 Å². The highest BCUT2D eigenvalue weighted by molar-refractivity contribution is 5.77. The van der Waals surface area contributed by atoms with Gasteiger partial charge in [-0.2, -0.15) is 0 Å². The predicted molar refractivity (Wildman–Crippen MR) is 60.9 cm³/mol. The molecule has 0 aliphatic heterocycles. The van der Waals surface area contributed by atoms with Gasteiger partial charge in [-0.25, -0.2) is 0 Å². The number of amides is 1. The molecule has 1 N–H and O–H groups in total. The molecule has 1 amide bonds. The van der Waals surface area contributed by atoms with E-state index in [4.69, 9.17) is 0 Å². The molecule has 0 atom stereocenters. The third-order valence-corrected chi connectivity index (χ3v) is 1.76. The van der Waals surface area contributed by atoms with Crippen LogP contribution in [-0.4, -0.2) is 5.91 Å². The van der Waals surface area contributed by atoms with Crippen LogP contribution < -0.4 is 5.32 Å². The summed E-state index contributed by atoms with van der Waals surface area (Å²) in [7, 11) is 0. The van der Waals surface area contributed by atoms with Crippen molar-refractivity contribution in [2.75, 3.05) is 0 Å². The average Bonchev–Trinajstić information content (AvgIpc) is 2.11. The van der Waals surface area contributed by atoms with Crippen molar-refractivity contribution in [1.29, 1.82) is 0 Å². The standard InChI is InChI=1S/C12H21NO/c1-5-6-7-12(14)13-11(4)9-8-10(2)3/h8-9H,5-7H2,1-4H3,(H,13,14)/b11-9+. The SMILES string of the molecule is CCCCC(=O)N/C(C)=C/C=C(C)C. The van der Waals surface area contributed by atoms with Gasteiger partial charge >= 0.3 is 0 Å². The first-order chi connectivity index (χ1) is 6.56. The molecular weight excluding hydrogens is 174 g/mol. The quantitative estimate of drug-likeness (QED) is 0.671. The first-order valence-corrected chi connectivity index (χ1v) is 5.18. The highest BCUT2D eigenvalue weighted by atomic mass is 16.1. The summed E-state index contributed by atoms with van der Waals surface area (Å²) in [6.45, 7) is 8.05. The molecule has 0 unspecified atom stereocenters. The second kappa shape index (κ2) is 7.36.